The Labute approximate surface area is 65.1 Å². The zero-order valence-corrected chi connectivity index (χ0v) is 6.95. The summed E-state index contributed by atoms with van der Waals surface area (Å²) >= 11 is 1.77. The fraction of sp³-hybridized carbons (Fsp3) is 0.625. The van der Waals surface area contributed by atoms with E-state index in [1.54, 1.807) is 11.3 Å². The van der Waals surface area contributed by atoms with Crippen LogP contribution in [-0.4, -0.2) is 4.98 Å². The lowest BCUT2D eigenvalue weighted by atomic mass is 9.83. The molecule has 0 amide bonds. The predicted molar refractivity (Wildman–Crippen MR) is 43.4 cm³/mol. The maximum atomic E-state index is 4.45. The van der Waals surface area contributed by atoms with Gasteiger partial charge in [0, 0.05) is 11.3 Å². The Bertz CT molecular complexity index is 225. The Morgan fingerprint density at radius 2 is 2.40 bits per heavy atom. The molecule has 0 aromatic carbocycles. The zero-order chi connectivity index (χ0) is 6.97. The Kier molecular flexibility index (Phi) is 1.49. The molecule has 1 aliphatic rings. The largest absolute Gasteiger partial charge is 0.246 e. The first-order chi connectivity index (χ1) is 4.86. The molecule has 1 nitrogen and oxygen atoms in total. The van der Waals surface area contributed by atoms with Crippen LogP contribution in [0.1, 0.15) is 35.9 Å². The van der Waals surface area contributed by atoms with Crippen LogP contribution < -0.4 is 0 Å². The average Bonchev–Trinajstić information content (AvgIpc) is 2.10. The van der Waals surface area contributed by atoms with E-state index in [0.717, 1.165) is 5.92 Å². The molecule has 1 aliphatic carbocycles. The lowest BCUT2D eigenvalue weighted by Crippen LogP contribution is -2.08. The monoisotopic (exact) mass is 153 g/mol. The van der Waals surface area contributed by atoms with Gasteiger partial charge in [0.15, 0.2) is 0 Å². The summed E-state index contributed by atoms with van der Waals surface area (Å²) in [6.07, 6.45) is 4.13. The number of rotatable bonds is 1. The first kappa shape index (κ1) is 6.35. The van der Waals surface area contributed by atoms with Crippen LogP contribution in [0.3, 0.4) is 0 Å². The van der Waals surface area contributed by atoms with E-state index in [4.69, 9.17) is 0 Å². The number of thiazole rings is 1. The van der Waals surface area contributed by atoms with Crippen LogP contribution in [0.5, 0.6) is 0 Å². The number of aryl methyl sites for hydroxylation is 1. The average molecular weight is 153 g/mol. The molecule has 0 atom stereocenters. The van der Waals surface area contributed by atoms with Crippen LogP contribution in [0, 0.1) is 6.92 Å². The van der Waals surface area contributed by atoms with E-state index < -0.39 is 0 Å². The summed E-state index contributed by atoms with van der Waals surface area (Å²) in [6.45, 7) is 2.08. The molecular formula is C8H11NS. The molecule has 0 N–H and O–H groups in total. The van der Waals surface area contributed by atoms with Gasteiger partial charge in [-0.15, -0.1) is 11.3 Å². The zero-order valence-electron chi connectivity index (χ0n) is 6.13. The maximum Gasteiger partial charge on any atom is 0.0897 e. The van der Waals surface area contributed by atoms with Crippen molar-refractivity contribution in [2.45, 2.75) is 32.1 Å². The minimum absolute atomic E-state index is 0.810. The fourth-order valence-corrected chi connectivity index (χ4v) is 1.97. The first-order valence-corrected chi connectivity index (χ1v) is 4.66. The second kappa shape index (κ2) is 2.35. The van der Waals surface area contributed by atoms with Crippen molar-refractivity contribution in [3.8, 4) is 0 Å². The molecule has 10 heavy (non-hydrogen) atoms. The molecule has 0 radical (unpaired) electrons. The molecule has 54 valence electrons. The van der Waals surface area contributed by atoms with Gasteiger partial charge in [0.2, 0.25) is 0 Å². The lowest BCUT2D eigenvalue weighted by molar-refractivity contribution is 0.412. The number of aromatic nitrogens is 1. The quantitative estimate of drug-likeness (QED) is 0.604. The molecule has 0 unspecified atom stereocenters. The van der Waals surface area contributed by atoms with Crippen LogP contribution >= 0.6 is 11.3 Å². The normalized spacial score (nSPS) is 18.9. The molecule has 2 rings (SSSR count). The second-order valence-corrected chi connectivity index (χ2v) is 3.98. The van der Waals surface area contributed by atoms with Gasteiger partial charge in [-0.3, -0.25) is 0 Å². The van der Waals surface area contributed by atoms with Gasteiger partial charge in [-0.25, -0.2) is 4.98 Å². The molecule has 0 saturated heterocycles. The van der Waals surface area contributed by atoms with E-state index in [2.05, 4.69) is 17.3 Å². The standard InChI is InChI=1S/C8H11NS/c1-6-9-8(5-10-6)7-3-2-4-7/h5,7H,2-4H2,1H3. The van der Waals surface area contributed by atoms with E-state index in [9.17, 15) is 0 Å². The smallest absolute Gasteiger partial charge is 0.0897 e. The van der Waals surface area contributed by atoms with Crippen LogP contribution in [0.15, 0.2) is 5.38 Å². The third kappa shape index (κ3) is 0.966. The molecule has 1 aromatic rings. The highest BCUT2D eigenvalue weighted by atomic mass is 32.1. The molecule has 1 heterocycles. The van der Waals surface area contributed by atoms with Gasteiger partial charge in [0.25, 0.3) is 0 Å². The predicted octanol–water partition coefficient (Wildman–Crippen LogP) is 2.72. The summed E-state index contributed by atoms with van der Waals surface area (Å²) < 4.78 is 0. The van der Waals surface area contributed by atoms with Crippen molar-refractivity contribution < 1.29 is 0 Å². The van der Waals surface area contributed by atoms with Gasteiger partial charge < -0.3 is 0 Å². The van der Waals surface area contributed by atoms with Gasteiger partial charge in [0.1, 0.15) is 0 Å². The highest BCUT2D eigenvalue weighted by Gasteiger charge is 2.21. The molecule has 1 saturated carbocycles. The summed E-state index contributed by atoms with van der Waals surface area (Å²) in [7, 11) is 0. The van der Waals surface area contributed by atoms with Crippen molar-refractivity contribution in [2.75, 3.05) is 0 Å². The van der Waals surface area contributed by atoms with Gasteiger partial charge >= 0.3 is 0 Å². The van der Waals surface area contributed by atoms with Crippen molar-refractivity contribution >= 4 is 11.3 Å². The van der Waals surface area contributed by atoms with E-state index in [1.807, 2.05) is 0 Å². The van der Waals surface area contributed by atoms with Crippen molar-refractivity contribution in [1.82, 2.24) is 4.98 Å². The van der Waals surface area contributed by atoms with Gasteiger partial charge in [-0.1, -0.05) is 6.42 Å². The molecule has 0 aliphatic heterocycles. The molecule has 0 bridgehead atoms. The second-order valence-electron chi connectivity index (χ2n) is 2.92. The minimum atomic E-state index is 0.810. The number of hydrogen-bond donors (Lipinski definition) is 0. The maximum absolute atomic E-state index is 4.45. The van der Waals surface area contributed by atoms with Crippen LogP contribution in [0.25, 0.3) is 0 Å². The summed E-state index contributed by atoms with van der Waals surface area (Å²) in [5.74, 6) is 0.810. The highest BCUT2D eigenvalue weighted by Crippen LogP contribution is 2.36. The van der Waals surface area contributed by atoms with E-state index in [-0.39, 0.29) is 0 Å². The molecule has 2 heteroatoms. The van der Waals surface area contributed by atoms with Crippen molar-refractivity contribution in [3.05, 3.63) is 16.1 Å². The van der Waals surface area contributed by atoms with Crippen molar-refractivity contribution in [3.63, 3.8) is 0 Å². The van der Waals surface area contributed by atoms with E-state index in [0.29, 0.717) is 0 Å². The third-order valence-electron chi connectivity index (χ3n) is 2.16. The SMILES string of the molecule is Cc1nc(C2CCC2)cs1. The Hall–Kier alpha value is -0.370. The van der Waals surface area contributed by atoms with Crippen LogP contribution in [0.2, 0.25) is 0 Å². The summed E-state index contributed by atoms with van der Waals surface area (Å²) in [5, 5.41) is 3.42. The van der Waals surface area contributed by atoms with Gasteiger partial charge in [-0.2, -0.15) is 0 Å². The lowest BCUT2D eigenvalue weighted by Gasteiger charge is -2.22. The Balaban J connectivity index is 2.17. The molecule has 1 fully saturated rings. The van der Waals surface area contributed by atoms with Crippen LogP contribution in [-0.2, 0) is 0 Å². The molecule has 1 aromatic heterocycles. The summed E-state index contributed by atoms with van der Waals surface area (Å²) in [6, 6.07) is 0. The van der Waals surface area contributed by atoms with Crippen LogP contribution in [0.4, 0.5) is 0 Å². The number of hydrogen-bond acceptors (Lipinski definition) is 2. The topological polar surface area (TPSA) is 12.9 Å². The summed E-state index contributed by atoms with van der Waals surface area (Å²) in [4.78, 5) is 4.45. The Morgan fingerprint density at radius 3 is 2.80 bits per heavy atom. The highest BCUT2D eigenvalue weighted by molar-refractivity contribution is 7.09. The third-order valence-corrected chi connectivity index (χ3v) is 2.95. The Morgan fingerprint density at radius 1 is 1.60 bits per heavy atom. The van der Waals surface area contributed by atoms with E-state index in [1.165, 1.54) is 30.0 Å². The van der Waals surface area contributed by atoms with E-state index >= 15 is 0 Å². The van der Waals surface area contributed by atoms with Crippen molar-refractivity contribution in [2.24, 2.45) is 0 Å². The minimum Gasteiger partial charge on any atom is -0.246 e. The molecule has 0 spiro atoms. The van der Waals surface area contributed by atoms with Crippen molar-refractivity contribution in [1.29, 1.82) is 0 Å². The number of nitrogens with zero attached hydrogens (tertiary/aromatic N) is 1. The first-order valence-electron chi connectivity index (χ1n) is 3.78. The summed E-state index contributed by atoms with van der Waals surface area (Å²) in [5.41, 5.74) is 1.34. The fourth-order valence-electron chi connectivity index (χ4n) is 1.27. The van der Waals surface area contributed by atoms with Gasteiger partial charge in [0.05, 0.1) is 10.7 Å². The molecular weight excluding hydrogens is 142 g/mol. The van der Waals surface area contributed by atoms with Gasteiger partial charge in [-0.05, 0) is 19.8 Å².